The van der Waals surface area contributed by atoms with Crippen molar-refractivity contribution in [2.75, 3.05) is 12.0 Å². The van der Waals surface area contributed by atoms with E-state index in [4.69, 9.17) is 5.73 Å². The zero-order chi connectivity index (χ0) is 25.4. The number of rotatable bonds is 4. The van der Waals surface area contributed by atoms with Crippen molar-refractivity contribution in [2.24, 2.45) is 16.6 Å². The third kappa shape index (κ3) is 5.34. The van der Waals surface area contributed by atoms with Crippen LogP contribution < -0.4 is 11.1 Å². The van der Waals surface area contributed by atoms with Gasteiger partial charge < -0.3 is 15.8 Å². The molecule has 35 heavy (non-hydrogen) atoms. The van der Waals surface area contributed by atoms with Crippen molar-refractivity contribution in [2.45, 2.75) is 37.1 Å². The number of alkyl halides is 4. The van der Waals surface area contributed by atoms with Crippen molar-refractivity contribution in [3.8, 4) is 11.8 Å². The normalized spacial score (nSPS) is 21.9. The van der Waals surface area contributed by atoms with E-state index in [0.717, 1.165) is 18.9 Å². The molecule has 1 fully saturated rings. The quantitative estimate of drug-likeness (QED) is 0.491. The number of aromatic nitrogens is 1. The molecule has 1 aliphatic carbocycles. The third-order valence-electron chi connectivity index (χ3n) is 5.48. The Hall–Kier alpha value is -3.75. The molecule has 2 aliphatic rings. The highest BCUT2D eigenvalue weighted by Crippen LogP contribution is 2.42. The fraction of sp³-hybridized carbons (Fsp3) is 0.348. The SMILES string of the molecule is NC1=NC(CF)(c2cc(NC(=O)c3ccc(C#CC4CC4)cn3)cc(F)c2F)CC(C(F)(F)F)O1. The van der Waals surface area contributed by atoms with Gasteiger partial charge in [-0.05, 0) is 31.0 Å². The van der Waals surface area contributed by atoms with Gasteiger partial charge in [0, 0.05) is 41.4 Å². The van der Waals surface area contributed by atoms with Crippen molar-refractivity contribution in [3.05, 3.63) is 58.9 Å². The maximum Gasteiger partial charge on any atom is 0.425 e. The maximum atomic E-state index is 14.7. The lowest BCUT2D eigenvalue weighted by Crippen LogP contribution is -2.48. The molecule has 3 N–H and O–H groups in total. The van der Waals surface area contributed by atoms with Crippen LogP contribution in [0, 0.1) is 29.4 Å². The highest BCUT2D eigenvalue weighted by molar-refractivity contribution is 6.02. The Kier molecular flexibility index (Phi) is 6.36. The molecule has 4 rings (SSSR count). The monoisotopic (exact) mass is 496 g/mol. The average molecular weight is 496 g/mol. The number of nitrogens with zero attached hydrogens (tertiary/aromatic N) is 2. The smallest absolute Gasteiger partial charge is 0.425 e. The number of benzene rings is 1. The van der Waals surface area contributed by atoms with Crippen LogP contribution in [0.15, 0.2) is 35.5 Å². The summed E-state index contributed by atoms with van der Waals surface area (Å²) in [4.78, 5) is 20.1. The second-order valence-electron chi connectivity index (χ2n) is 8.22. The summed E-state index contributed by atoms with van der Waals surface area (Å²) in [5.41, 5.74) is 2.09. The Bertz CT molecular complexity index is 1230. The number of amidine groups is 1. The summed E-state index contributed by atoms with van der Waals surface area (Å²) in [6, 6.07) is 3.31. The topological polar surface area (TPSA) is 89.6 Å². The van der Waals surface area contributed by atoms with Gasteiger partial charge in [0.25, 0.3) is 11.9 Å². The molecule has 2 atom stereocenters. The van der Waals surface area contributed by atoms with Gasteiger partial charge in [-0.15, -0.1) is 0 Å². The number of ether oxygens (including phenoxy) is 1. The van der Waals surface area contributed by atoms with Crippen molar-refractivity contribution in [3.63, 3.8) is 0 Å². The van der Waals surface area contributed by atoms with E-state index in [9.17, 15) is 31.1 Å². The Morgan fingerprint density at radius 1 is 1.26 bits per heavy atom. The van der Waals surface area contributed by atoms with Crippen molar-refractivity contribution < 1.29 is 35.9 Å². The summed E-state index contributed by atoms with van der Waals surface area (Å²) < 4.78 is 87.3. The van der Waals surface area contributed by atoms with E-state index in [0.29, 0.717) is 17.5 Å². The van der Waals surface area contributed by atoms with Crippen molar-refractivity contribution in [1.82, 2.24) is 4.98 Å². The Morgan fingerprint density at radius 2 is 2.00 bits per heavy atom. The van der Waals surface area contributed by atoms with Crippen LogP contribution in [0.25, 0.3) is 0 Å². The van der Waals surface area contributed by atoms with E-state index < -0.39 is 60.0 Å². The third-order valence-corrected chi connectivity index (χ3v) is 5.48. The fourth-order valence-electron chi connectivity index (χ4n) is 3.50. The minimum Gasteiger partial charge on any atom is -0.452 e. The first-order valence-corrected chi connectivity index (χ1v) is 10.4. The van der Waals surface area contributed by atoms with Crippen LogP contribution in [0.3, 0.4) is 0 Å². The van der Waals surface area contributed by atoms with Crippen LogP contribution in [-0.2, 0) is 10.3 Å². The molecule has 2 aromatic rings. The highest BCUT2D eigenvalue weighted by atomic mass is 19.4. The van der Waals surface area contributed by atoms with E-state index >= 15 is 0 Å². The van der Waals surface area contributed by atoms with Gasteiger partial charge in [0.05, 0.1) is 0 Å². The number of anilines is 1. The number of nitrogens with one attached hydrogen (secondary N) is 1. The fourth-order valence-corrected chi connectivity index (χ4v) is 3.50. The van der Waals surface area contributed by atoms with Gasteiger partial charge in [0.1, 0.15) is 17.9 Å². The second-order valence-corrected chi connectivity index (χ2v) is 8.22. The van der Waals surface area contributed by atoms with Gasteiger partial charge in [0.2, 0.25) is 0 Å². The number of carbonyl (C=O) groups excluding carboxylic acids is 1. The first-order valence-electron chi connectivity index (χ1n) is 10.4. The lowest BCUT2D eigenvalue weighted by Gasteiger charge is -2.36. The first kappa shape index (κ1) is 24.4. The largest absolute Gasteiger partial charge is 0.452 e. The predicted octanol–water partition coefficient (Wildman–Crippen LogP) is 4.20. The lowest BCUT2D eigenvalue weighted by molar-refractivity contribution is -0.209. The molecule has 0 saturated heterocycles. The minimum absolute atomic E-state index is 0.0843. The standard InChI is InChI=1S/C23H18F6N4O2/c24-11-22(9-18(23(27,28)29)35-21(30)33-22)15-7-14(8-16(25)19(15)26)32-20(34)17-6-5-13(10-31-17)4-3-12-1-2-12/h5-8,10,12,18H,1-2,9,11H2,(H2,30,33)(H,32,34). The van der Waals surface area contributed by atoms with Gasteiger partial charge in [-0.3, -0.25) is 4.79 Å². The molecule has 6 nitrogen and oxygen atoms in total. The molecule has 1 aliphatic heterocycles. The summed E-state index contributed by atoms with van der Waals surface area (Å²) >= 11 is 0. The number of hydrogen-bond acceptors (Lipinski definition) is 5. The summed E-state index contributed by atoms with van der Waals surface area (Å²) in [6.45, 7) is -1.64. The number of aliphatic imine (C=N–C) groups is 1. The molecular formula is C23H18F6N4O2. The molecule has 1 saturated carbocycles. The molecule has 12 heteroatoms. The number of hydrogen-bond donors (Lipinski definition) is 2. The molecule has 0 spiro atoms. The van der Waals surface area contributed by atoms with Crippen LogP contribution in [0.4, 0.5) is 32.0 Å². The highest BCUT2D eigenvalue weighted by Gasteiger charge is 2.52. The van der Waals surface area contributed by atoms with E-state index in [-0.39, 0.29) is 11.4 Å². The number of amides is 1. The molecular weight excluding hydrogens is 478 g/mol. The number of carbonyl (C=O) groups is 1. The number of halogens is 6. The zero-order valence-corrected chi connectivity index (χ0v) is 17.9. The Morgan fingerprint density at radius 3 is 2.60 bits per heavy atom. The molecule has 184 valence electrons. The van der Waals surface area contributed by atoms with Crippen molar-refractivity contribution in [1.29, 1.82) is 0 Å². The molecule has 0 bridgehead atoms. The van der Waals surface area contributed by atoms with Crippen LogP contribution in [-0.4, -0.2) is 35.9 Å². The maximum absolute atomic E-state index is 14.7. The van der Waals surface area contributed by atoms with Gasteiger partial charge in [-0.2, -0.15) is 13.2 Å². The molecule has 1 aromatic carbocycles. The first-order chi connectivity index (χ1) is 16.5. The molecule has 1 amide bonds. The van der Waals surface area contributed by atoms with Gasteiger partial charge in [-0.25, -0.2) is 23.1 Å². The summed E-state index contributed by atoms with van der Waals surface area (Å²) in [7, 11) is 0. The van der Waals surface area contributed by atoms with E-state index in [1.807, 2.05) is 0 Å². The van der Waals surface area contributed by atoms with E-state index in [1.165, 1.54) is 12.3 Å². The minimum atomic E-state index is -4.97. The van der Waals surface area contributed by atoms with E-state index in [2.05, 4.69) is 31.9 Å². The summed E-state index contributed by atoms with van der Waals surface area (Å²) in [5, 5.41) is 2.28. The van der Waals surface area contributed by atoms with Gasteiger partial charge >= 0.3 is 6.18 Å². The predicted molar refractivity (Wildman–Crippen MR) is 113 cm³/mol. The molecule has 2 unspecified atom stereocenters. The second kappa shape index (κ2) is 9.13. The molecule has 2 heterocycles. The number of pyridine rings is 1. The van der Waals surface area contributed by atoms with Crippen LogP contribution in [0.1, 0.15) is 40.9 Å². The zero-order valence-electron chi connectivity index (χ0n) is 17.9. The van der Waals surface area contributed by atoms with Gasteiger partial charge in [0.15, 0.2) is 17.7 Å². The van der Waals surface area contributed by atoms with Crippen LogP contribution >= 0.6 is 0 Å². The summed E-state index contributed by atoms with van der Waals surface area (Å²) in [5.74, 6) is 2.35. The molecule has 1 aromatic heterocycles. The van der Waals surface area contributed by atoms with E-state index in [1.54, 1.807) is 6.07 Å². The molecule has 0 radical (unpaired) electrons. The van der Waals surface area contributed by atoms with Gasteiger partial charge in [-0.1, -0.05) is 11.8 Å². The van der Waals surface area contributed by atoms with Crippen LogP contribution in [0.2, 0.25) is 0 Å². The Balaban J connectivity index is 1.62. The Labute approximate surface area is 195 Å². The van der Waals surface area contributed by atoms with Crippen LogP contribution in [0.5, 0.6) is 0 Å². The lowest BCUT2D eigenvalue weighted by atomic mass is 9.84. The van der Waals surface area contributed by atoms with Crippen molar-refractivity contribution >= 4 is 17.6 Å². The number of nitrogens with two attached hydrogens (primary N) is 1. The summed E-state index contributed by atoms with van der Waals surface area (Å²) in [6.07, 6.45) is -5.29. The average Bonchev–Trinajstić information content (AvgIpc) is 3.63.